The fourth-order valence-corrected chi connectivity index (χ4v) is 1.11. The zero-order valence-corrected chi connectivity index (χ0v) is 9.40. The largest absolute Gasteiger partial charge is 0.510 e. The first-order valence-corrected chi connectivity index (χ1v) is 4.78. The van der Waals surface area contributed by atoms with Crippen LogP contribution in [0.1, 0.15) is 6.92 Å². The molecule has 0 aromatic heterocycles. The molecular weight excluding hydrogens is 240 g/mol. The maximum absolute atomic E-state index is 10.9. The molecule has 0 spiro atoms. The number of primary amides is 1. The minimum Gasteiger partial charge on any atom is -0.510 e. The summed E-state index contributed by atoms with van der Waals surface area (Å²) in [6, 6.07) is 5.60. The second-order valence-corrected chi connectivity index (χ2v) is 3.24. The van der Waals surface area contributed by atoms with Gasteiger partial charge in [-0.2, -0.15) is 0 Å². The number of aliphatic hydroxyl groups is 1. The Kier molecular flexibility index (Phi) is 4.08. The number of benzene rings is 1. The van der Waals surface area contributed by atoms with Gasteiger partial charge < -0.3 is 10.8 Å². The lowest BCUT2D eigenvalue weighted by Crippen LogP contribution is -2.13. The third-order valence-electron chi connectivity index (χ3n) is 1.91. The first-order chi connectivity index (χ1) is 8.43. The van der Waals surface area contributed by atoms with Crippen LogP contribution in [0.5, 0.6) is 0 Å². The summed E-state index contributed by atoms with van der Waals surface area (Å²) in [5, 5.41) is 26.8. The van der Waals surface area contributed by atoms with Gasteiger partial charge in [-0.25, -0.2) is 0 Å². The predicted octanol–water partition coefficient (Wildman–Crippen LogP) is 1.95. The van der Waals surface area contributed by atoms with E-state index in [1.54, 1.807) is 0 Å². The smallest absolute Gasteiger partial charge is 0.296 e. The molecule has 0 radical (unpaired) electrons. The molecule has 8 heteroatoms. The van der Waals surface area contributed by atoms with Gasteiger partial charge in [-0.15, -0.1) is 10.2 Å². The van der Waals surface area contributed by atoms with Crippen molar-refractivity contribution < 1.29 is 14.8 Å². The van der Waals surface area contributed by atoms with Crippen molar-refractivity contribution >= 4 is 17.3 Å². The normalized spacial score (nSPS) is 12.3. The number of carbonyl (C=O) groups is 1. The van der Waals surface area contributed by atoms with E-state index in [1.165, 1.54) is 31.2 Å². The summed E-state index contributed by atoms with van der Waals surface area (Å²) < 4.78 is 0. The van der Waals surface area contributed by atoms with Gasteiger partial charge in [-0.05, 0) is 13.0 Å². The minimum absolute atomic E-state index is 0.0394. The average Bonchev–Trinajstić information content (AvgIpc) is 2.28. The first-order valence-electron chi connectivity index (χ1n) is 4.78. The third-order valence-corrected chi connectivity index (χ3v) is 1.91. The molecule has 0 atom stereocenters. The molecule has 0 bridgehead atoms. The van der Waals surface area contributed by atoms with E-state index >= 15 is 0 Å². The Hall–Kier alpha value is -2.77. The van der Waals surface area contributed by atoms with Crippen molar-refractivity contribution in [2.45, 2.75) is 6.92 Å². The molecule has 0 aliphatic carbocycles. The highest BCUT2D eigenvalue weighted by atomic mass is 16.6. The molecule has 0 aliphatic rings. The van der Waals surface area contributed by atoms with E-state index in [9.17, 15) is 14.9 Å². The number of para-hydroxylation sites is 1. The summed E-state index contributed by atoms with van der Waals surface area (Å²) in [5.74, 6) is -1.39. The van der Waals surface area contributed by atoms with Crippen LogP contribution in [0.2, 0.25) is 0 Å². The molecule has 1 amide bonds. The Morgan fingerprint density at radius 1 is 1.44 bits per heavy atom. The van der Waals surface area contributed by atoms with Crippen LogP contribution >= 0.6 is 0 Å². The lowest BCUT2D eigenvalue weighted by molar-refractivity contribution is -0.384. The van der Waals surface area contributed by atoms with Crippen LogP contribution in [0.15, 0.2) is 46.0 Å². The van der Waals surface area contributed by atoms with Crippen molar-refractivity contribution in [3.8, 4) is 0 Å². The summed E-state index contributed by atoms with van der Waals surface area (Å²) >= 11 is 0. The van der Waals surface area contributed by atoms with E-state index in [0.29, 0.717) is 0 Å². The SMILES string of the molecule is C/C(O)=C(\N=Nc1ccccc1[N+](=O)[O-])C(N)=O. The number of hydrogen-bond donors (Lipinski definition) is 2. The average molecular weight is 250 g/mol. The van der Waals surface area contributed by atoms with E-state index < -0.39 is 22.3 Å². The standard InChI is InChI=1S/C10H10N4O4/c1-6(15)9(10(11)16)13-12-7-4-2-3-5-8(7)14(17)18/h2-5,15H,1H3,(H2,11,16)/b9-6+,13-12?. The van der Waals surface area contributed by atoms with Crippen molar-refractivity contribution in [2.75, 3.05) is 0 Å². The molecule has 1 aromatic carbocycles. The Bertz CT molecular complexity index is 547. The number of hydrogen-bond acceptors (Lipinski definition) is 6. The number of nitrogens with zero attached hydrogens (tertiary/aromatic N) is 3. The first kappa shape index (κ1) is 13.3. The van der Waals surface area contributed by atoms with Crippen LogP contribution in [-0.4, -0.2) is 15.9 Å². The molecule has 8 nitrogen and oxygen atoms in total. The number of nitro groups is 1. The summed E-state index contributed by atoms with van der Waals surface area (Å²) in [6.45, 7) is 1.21. The Morgan fingerprint density at radius 2 is 2.06 bits per heavy atom. The number of rotatable bonds is 4. The predicted molar refractivity (Wildman–Crippen MR) is 62.1 cm³/mol. The molecule has 0 saturated heterocycles. The van der Waals surface area contributed by atoms with Gasteiger partial charge in [0.15, 0.2) is 11.4 Å². The number of azo groups is 1. The van der Waals surface area contributed by atoms with E-state index in [-0.39, 0.29) is 11.4 Å². The fourth-order valence-electron chi connectivity index (χ4n) is 1.11. The van der Waals surface area contributed by atoms with Gasteiger partial charge >= 0.3 is 0 Å². The molecule has 0 aliphatic heterocycles. The van der Waals surface area contributed by atoms with Crippen LogP contribution in [0, 0.1) is 10.1 Å². The van der Waals surface area contributed by atoms with Gasteiger partial charge in [-0.3, -0.25) is 14.9 Å². The zero-order chi connectivity index (χ0) is 13.7. The highest BCUT2D eigenvalue weighted by Gasteiger charge is 2.13. The molecule has 0 heterocycles. The lowest BCUT2D eigenvalue weighted by Gasteiger charge is -1.97. The summed E-state index contributed by atoms with van der Waals surface area (Å²) in [6.07, 6.45) is 0. The van der Waals surface area contributed by atoms with E-state index in [2.05, 4.69) is 10.2 Å². The molecule has 0 unspecified atom stereocenters. The van der Waals surface area contributed by atoms with Gasteiger partial charge in [0.05, 0.1) is 4.92 Å². The number of aliphatic hydroxyl groups excluding tert-OH is 1. The summed E-state index contributed by atoms with van der Waals surface area (Å²) in [7, 11) is 0. The van der Waals surface area contributed by atoms with Crippen LogP contribution in [0.4, 0.5) is 11.4 Å². The molecule has 0 saturated carbocycles. The molecule has 3 N–H and O–H groups in total. The molecule has 1 aromatic rings. The number of amides is 1. The molecule has 18 heavy (non-hydrogen) atoms. The fraction of sp³-hybridized carbons (Fsp3) is 0.100. The number of allylic oxidation sites excluding steroid dienone is 1. The highest BCUT2D eigenvalue weighted by Crippen LogP contribution is 2.27. The molecule has 94 valence electrons. The maximum atomic E-state index is 10.9. The van der Waals surface area contributed by atoms with Crippen LogP contribution in [0.25, 0.3) is 0 Å². The van der Waals surface area contributed by atoms with E-state index in [4.69, 9.17) is 10.8 Å². The van der Waals surface area contributed by atoms with E-state index in [0.717, 1.165) is 0 Å². The van der Waals surface area contributed by atoms with Crippen LogP contribution in [0.3, 0.4) is 0 Å². The topological polar surface area (TPSA) is 131 Å². The molecule has 1 rings (SSSR count). The second-order valence-electron chi connectivity index (χ2n) is 3.24. The summed E-state index contributed by atoms with van der Waals surface area (Å²) in [5.41, 5.74) is 4.20. The Morgan fingerprint density at radius 3 is 2.56 bits per heavy atom. The monoisotopic (exact) mass is 250 g/mol. The molecular formula is C10H10N4O4. The van der Waals surface area contributed by atoms with Crippen LogP contribution < -0.4 is 5.73 Å². The zero-order valence-electron chi connectivity index (χ0n) is 9.40. The van der Waals surface area contributed by atoms with Crippen LogP contribution in [-0.2, 0) is 4.79 Å². The quantitative estimate of drug-likeness (QED) is 0.278. The lowest BCUT2D eigenvalue weighted by atomic mass is 10.3. The van der Waals surface area contributed by atoms with E-state index in [1.807, 2.05) is 0 Å². The Labute approximate surface area is 102 Å². The minimum atomic E-state index is -0.975. The van der Waals surface area contributed by atoms with Crippen molar-refractivity contribution in [3.63, 3.8) is 0 Å². The number of nitrogens with two attached hydrogens (primary N) is 1. The van der Waals surface area contributed by atoms with Gasteiger partial charge in [-0.1, -0.05) is 12.1 Å². The van der Waals surface area contributed by atoms with Crippen molar-refractivity contribution in [2.24, 2.45) is 16.0 Å². The van der Waals surface area contributed by atoms with Gasteiger partial charge in [0.1, 0.15) is 5.76 Å². The maximum Gasteiger partial charge on any atom is 0.296 e. The molecule has 0 fully saturated rings. The number of nitro benzene ring substituents is 1. The number of carbonyl (C=O) groups excluding carboxylic acids is 1. The van der Waals surface area contributed by atoms with Gasteiger partial charge in [0, 0.05) is 6.07 Å². The highest BCUT2D eigenvalue weighted by molar-refractivity contribution is 5.91. The Balaban J connectivity index is 3.16. The van der Waals surface area contributed by atoms with Crippen molar-refractivity contribution in [1.82, 2.24) is 0 Å². The van der Waals surface area contributed by atoms with Gasteiger partial charge in [0.2, 0.25) is 0 Å². The van der Waals surface area contributed by atoms with Gasteiger partial charge in [0.25, 0.3) is 11.6 Å². The second kappa shape index (κ2) is 5.53. The third kappa shape index (κ3) is 3.11. The van der Waals surface area contributed by atoms with Crippen molar-refractivity contribution in [1.29, 1.82) is 0 Å². The summed E-state index contributed by atoms with van der Waals surface area (Å²) in [4.78, 5) is 21.0. The van der Waals surface area contributed by atoms with Crippen molar-refractivity contribution in [3.05, 3.63) is 45.8 Å².